The van der Waals surface area contributed by atoms with Crippen molar-refractivity contribution < 1.29 is 5.11 Å². The summed E-state index contributed by atoms with van der Waals surface area (Å²) >= 11 is 1.59. The zero-order valence-electron chi connectivity index (χ0n) is 7.84. The minimum absolute atomic E-state index is 0.0991. The van der Waals surface area contributed by atoms with Crippen LogP contribution in [0.3, 0.4) is 0 Å². The van der Waals surface area contributed by atoms with Crippen LogP contribution in [0.2, 0.25) is 0 Å². The van der Waals surface area contributed by atoms with Crippen molar-refractivity contribution in [1.82, 2.24) is 9.97 Å². The van der Waals surface area contributed by atoms with Gasteiger partial charge >= 0.3 is 0 Å². The highest BCUT2D eigenvalue weighted by Crippen LogP contribution is 2.40. The van der Waals surface area contributed by atoms with E-state index in [0.29, 0.717) is 6.42 Å². The van der Waals surface area contributed by atoms with E-state index in [1.165, 1.54) is 16.8 Å². The summed E-state index contributed by atoms with van der Waals surface area (Å²) in [6.45, 7) is 0. The van der Waals surface area contributed by atoms with Crippen LogP contribution in [0.1, 0.15) is 11.1 Å². The highest BCUT2D eigenvalue weighted by atomic mass is 32.2. The smallest absolute Gasteiger partial charge is 0.218 e. The van der Waals surface area contributed by atoms with Crippen LogP contribution in [-0.2, 0) is 6.42 Å². The Kier molecular flexibility index (Phi) is 1.89. The highest BCUT2D eigenvalue weighted by molar-refractivity contribution is 7.99. The molecule has 1 aliphatic rings. The second kappa shape index (κ2) is 3.24. The second-order valence-electron chi connectivity index (χ2n) is 3.37. The molecule has 2 heterocycles. The third kappa shape index (κ3) is 1.37. The van der Waals surface area contributed by atoms with Crippen molar-refractivity contribution in [3.05, 3.63) is 41.7 Å². The van der Waals surface area contributed by atoms with Gasteiger partial charge in [0, 0.05) is 11.3 Å². The summed E-state index contributed by atoms with van der Waals surface area (Å²) in [5.74, 6) is 0.0991. The van der Waals surface area contributed by atoms with Crippen molar-refractivity contribution in [2.75, 3.05) is 0 Å². The molecule has 0 radical (unpaired) electrons. The quantitative estimate of drug-likeness (QED) is 0.585. The summed E-state index contributed by atoms with van der Waals surface area (Å²) in [4.78, 5) is 9.18. The Bertz CT molecular complexity index is 528. The third-order valence-electron chi connectivity index (χ3n) is 2.43. The number of aromatic hydroxyl groups is 1. The zero-order chi connectivity index (χ0) is 10.3. The summed E-state index contributed by atoms with van der Waals surface area (Å²) in [7, 11) is 0. The van der Waals surface area contributed by atoms with Crippen LogP contribution in [0.4, 0.5) is 0 Å². The molecule has 0 unspecified atom stereocenters. The van der Waals surface area contributed by atoms with Gasteiger partial charge in [0.1, 0.15) is 11.4 Å². The van der Waals surface area contributed by atoms with E-state index in [1.807, 2.05) is 12.1 Å². The lowest BCUT2D eigenvalue weighted by Gasteiger charge is -2.17. The first-order valence-electron chi connectivity index (χ1n) is 4.63. The monoisotopic (exact) mass is 216 g/mol. The van der Waals surface area contributed by atoms with Crippen molar-refractivity contribution in [3.8, 4) is 5.88 Å². The van der Waals surface area contributed by atoms with Crippen molar-refractivity contribution in [2.45, 2.75) is 16.3 Å². The first kappa shape index (κ1) is 8.73. The number of benzene rings is 1. The number of aromatic nitrogens is 2. The predicted octanol–water partition coefficient (Wildman–Crippen LogP) is 2.24. The molecule has 1 aliphatic heterocycles. The summed E-state index contributed by atoms with van der Waals surface area (Å²) < 4.78 is 0. The lowest BCUT2D eigenvalue weighted by molar-refractivity contribution is 0.441. The predicted molar refractivity (Wildman–Crippen MR) is 57.1 cm³/mol. The number of nitrogens with zero attached hydrogens (tertiary/aromatic N) is 2. The first-order valence-corrected chi connectivity index (χ1v) is 5.45. The Morgan fingerprint density at radius 1 is 1.20 bits per heavy atom. The van der Waals surface area contributed by atoms with Gasteiger partial charge in [-0.2, -0.15) is 0 Å². The molecule has 0 saturated carbocycles. The molecule has 0 fully saturated rings. The molecule has 3 nitrogen and oxygen atoms in total. The van der Waals surface area contributed by atoms with E-state index in [9.17, 15) is 5.11 Å². The lowest BCUT2D eigenvalue weighted by Crippen LogP contribution is -2.02. The second-order valence-corrected chi connectivity index (χ2v) is 4.40. The van der Waals surface area contributed by atoms with Crippen molar-refractivity contribution in [2.24, 2.45) is 0 Å². The fourth-order valence-electron chi connectivity index (χ4n) is 1.67. The minimum atomic E-state index is 0.0991. The Balaban J connectivity index is 2.15. The van der Waals surface area contributed by atoms with Crippen LogP contribution in [0.15, 0.2) is 40.5 Å². The molecule has 0 saturated heterocycles. The van der Waals surface area contributed by atoms with Crippen molar-refractivity contribution >= 4 is 11.8 Å². The molecule has 3 rings (SSSR count). The first-order chi connectivity index (χ1) is 7.34. The third-order valence-corrected chi connectivity index (χ3v) is 3.59. The molecule has 15 heavy (non-hydrogen) atoms. The molecule has 1 N–H and O–H groups in total. The van der Waals surface area contributed by atoms with Crippen LogP contribution in [-0.4, -0.2) is 15.1 Å². The van der Waals surface area contributed by atoms with Gasteiger partial charge in [-0.15, -0.1) is 0 Å². The molecule has 2 aromatic rings. The molecule has 74 valence electrons. The average molecular weight is 216 g/mol. The van der Waals surface area contributed by atoms with Crippen LogP contribution in [0, 0.1) is 0 Å². The molecule has 1 aromatic carbocycles. The average Bonchev–Trinajstić information content (AvgIpc) is 2.27. The number of hydrogen-bond donors (Lipinski definition) is 1. The van der Waals surface area contributed by atoms with Gasteiger partial charge in [-0.1, -0.05) is 30.0 Å². The molecule has 0 amide bonds. The molecule has 0 aliphatic carbocycles. The van der Waals surface area contributed by atoms with Gasteiger partial charge in [-0.05, 0) is 11.6 Å². The van der Waals surface area contributed by atoms with Crippen LogP contribution in [0.5, 0.6) is 5.88 Å². The fourth-order valence-corrected chi connectivity index (χ4v) is 2.69. The Labute approximate surface area is 91.2 Å². The summed E-state index contributed by atoms with van der Waals surface area (Å²) in [5.41, 5.74) is 2.06. The Morgan fingerprint density at radius 2 is 2.07 bits per heavy atom. The Hall–Kier alpha value is -1.55. The van der Waals surface area contributed by atoms with E-state index in [2.05, 4.69) is 22.1 Å². The standard InChI is InChI=1S/C11H8N2OS/c14-10-8-5-7-3-1-2-4-9(7)15-11(8)13-6-12-10/h1-4,6H,5H2,(H,12,13,14). The van der Waals surface area contributed by atoms with Gasteiger partial charge in [0.15, 0.2) is 0 Å². The summed E-state index contributed by atoms with van der Waals surface area (Å²) in [6, 6.07) is 8.16. The molecule has 1 aromatic heterocycles. The largest absolute Gasteiger partial charge is 0.493 e. The molecule has 0 atom stereocenters. The fraction of sp³-hybridized carbons (Fsp3) is 0.0909. The normalized spacial score (nSPS) is 13.1. The van der Waals surface area contributed by atoms with Crippen LogP contribution < -0.4 is 0 Å². The minimum Gasteiger partial charge on any atom is -0.493 e. The van der Waals surface area contributed by atoms with Gasteiger partial charge in [0.2, 0.25) is 5.88 Å². The maximum Gasteiger partial charge on any atom is 0.218 e. The number of fused-ring (bicyclic) bond motifs is 2. The molecular formula is C11H8N2OS. The van der Waals surface area contributed by atoms with E-state index < -0.39 is 0 Å². The van der Waals surface area contributed by atoms with Gasteiger partial charge in [-0.3, -0.25) is 0 Å². The maximum atomic E-state index is 9.62. The molecule has 4 heteroatoms. The van der Waals surface area contributed by atoms with Crippen LogP contribution in [0.25, 0.3) is 0 Å². The maximum absolute atomic E-state index is 9.62. The summed E-state index contributed by atoms with van der Waals surface area (Å²) in [5, 5.41) is 10.5. The summed E-state index contributed by atoms with van der Waals surface area (Å²) in [6.07, 6.45) is 2.11. The van der Waals surface area contributed by atoms with E-state index >= 15 is 0 Å². The van der Waals surface area contributed by atoms with Gasteiger partial charge in [0.05, 0.1) is 5.56 Å². The van der Waals surface area contributed by atoms with Crippen molar-refractivity contribution in [3.63, 3.8) is 0 Å². The van der Waals surface area contributed by atoms with E-state index in [-0.39, 0.29) is 5.88 Å². The van der Waals surface area contributed by atoms with Crippen LogP contribution >= 0.6 is 11.8 Å². The Morgan fingerprint density at radius 3 is 3.00 bits per heavy atom. The highest BCUT2D eigenvalue weighted by Gasteiger charge is 2.19. The van der Waals surface area contributed by atoms with Gasteiger partial charge in [0.25, 0.3) is 0 Å². The SMILES string of the molecule is Oc1ncnc2c1Cc1ccccc1S2. The zero-order valence-corrected chi connectivity index (χ0v) is 8.66. The van der Waals surface area contributed by atoms with Gasteiger partial charge < -0.3 is 5.11 Å². The van der Waals surface area contributed by atoms with E-state index in [1.54, 1.807) is 11.8 Å². The number of hydrogen-bond acceptors (Lipinski definition) is 4. The van der Waals surface area contributed by atoms with E-state index in [4.69, 9.17) is 0 Å². The molecule has 0 spiro atoms. The molecule has 0 bridgehead atoms. The number of rotatable bonds is 0. The lowest BCUT2D eigenvalue weighted by atomic mass is 10.1. The molecular weight excluding hydrogens is 208 g/mol. The van der Waals surface area contributed by atoms with E-state index in [0.717, 1.165) is 10.6 Å². The topological polar surface area (TPSA) is 46.0 Å². The van der Waals surface area contributed by atoms with Crippen molar-refractivity contribution in [1.29, 1.82) is 0 Å². The van der Waals surface area contributed by atoms with Gasteiger partial charge in [-0.25, -0.2) is 9.97 Å².